The van der Waals surface area contributed by atoms with Crippen LogP contribution in [0.25, 0.3) is 0 Å². The molecule has 0 bridgehead atoms. The normalized spacial score (nSPS) is 14.3. The lowest BCUT2D eigenvalue weighted by Gasteiger charge is -2.37. The van der Waals surface area contributed by atoms with Crippen LogP contribution in [0.5, 0.6) is 0 Å². The number of hydrogen-bond donors (Lipinski definition) is 0. The Morgan fingerprint density at radius 2 is 1.85 bits per heavy atom. The highest BCUT2D eigenvalue weighted by molar-refractivity contribution is 5.95. The fraction of sp³-hybridized carbons (Fsp3) is 0.381. The van der Waals surface area contributed by atoms with Gasteiger partial charge in [0.1, 0.15) is 11.9 Å². The number of benzene rings is 1. The van der Waals surface area contributed by atoms with E-state index in [0.29, 0.717) is 11.1 Å². The Hall–Kier alpha value is -2.91. The predicted octanol–water partition coefficient (Wildman–Crippen LogP) is 2.54. The second kappa shape index (κ2) is 8.19. The Morgan fingerprint density at radius 1 is 1.15 bits per heavy atom. The van der Waals surface area contributed by atoms with E-state index in [1.165, 1.54) is 5.56 Å². The minimum absolute atomic E-state index is 0.0152. The first kappa shape index (κ1) is 18.9. The maximum atomic E-state index is 11.7. The number of aromatic nitrogens is 1. The Morgan fingerprint density at radius 3 is 2.41 bits per heavy atom. The minimum Gasteiger partial charge on any atom is -0.367 e. The summed E-state index contributed by atoms with van der Waals surface area (Å²) in [6.07, 6.45) is 1.94. The van der Waals surface area contributed by atoms with E-state index < -0.39 is 0 Å². The third-order valence-corrected chi connectivity index (χ3v) is 4.78. The second-order valence-electron chi connectivity index (χ2n) is 7.14. The van der Waals surface area contributed by atoms with E-state index >= 15 is 0 Å². The first-order valence-corrected chi connectivity index (χ1v) is 9.12. The van der Waals surface area contributed by atoms with Gasteiger partial charge in [0.25, 0.3) is 0 Å². The van der Waals surface area contributed by atoms with Crippen molar-refractivity contribution in [2.45, 2.75) is 13.5 Å². The van der Waals surface area contributed by atoms with Crippen LogP contribution in [0.1, 0.15) is 28.4 Å². The number of Topliss-reactive ketones (excluding diaryl/α,β-unsaturated/α-hetero) is 1. The van der Waals surface area contributed by atoms with Crippen LogP contribution >= 0.6 is 0 Å². The molecule has 1 fully saturated rings. The number of anilines is 2. The zero-order valence-electron chi connectivity index (χ0n) is 16.1. The highest BCUT2D eigenvalue weighted by Crippen LogP contribution is 2.25. The number of nitriles is 1. The molecule has 3 rings (SSSR count). The standard InChI is InChI=1S/C21H25N5O/c1-16(27)18-5-6-19(13-22)20(12-18)25-8-10-26(11-9-25)21-7-4-17(14-23-21)15-24(2)3/h4-7,12,14H,8-11,15H2,1-3H3. The molecule has 0 radical (unpaired) electrons. The Balaban J connectivity index is 1.69. The molecule has 1 aliphatic heterocycles. The third-order valence-electron chi connectivity index (χ3n) is 4.78. The first-order chi connectivity index (χ1) is 13.0. The van der Waals surface area contributed by atoms with E-state index in [1.54, 1.807) is 19.1 Å². The molecule has 0 spiro atoms. The molecule has 0 unspecified atom stereocenters. The number of piperazine rings is 1. The fourth-order valence-electron chi connectivity index (χ4n) is 3.35. The highest BCUT2D eigenvalue weighted by atomic mass is 16.1. The summed E-state index contributed by atoms with van der Waals surface area (Å²) in [6.45, 7) is 5.66. The minimum atomic E-state index is 0.0152. The van der Waals surface area contributed by atoms with Gasteiger partial charge in [0.2, 0.25) is 0 Å². The van der Waals surface area contributed by atoms with Crippen molar-refractivity contribution in [2.24, 2.45) is 0 Å². The van der Waals surface area contributed by atoms with Gasteiger partial charge < -0.3 is 14.7 Å². The molecule has 140 valence electrons. The predicted molar refractivity (Wildman–Crippen MR) is 107 cm³/mol. The molecule has 1 aliphatic rings. The summed E-state index contributed by atoms with van der Waals surface area (Å²) in [5.41, 5.74) is 3.30. The SMILES string of the molecule is CC(=O)c1ccc(C#N)c(N2CCN(c3ccc(CN(C)C)cn3)CC2)c1. The zero-order chi connectivity index (χ0) is 19.4. The van der Waals surface area contributed by atoms with Crippen LogP contribution in [0, 0.1) is 11.3 Å². The monoisotopic (exact) mass is 363 g/mol. The number of carbonyl (C=O) groups is 1. The number of carbonyl (C=O) groups excluding carboxylic acids is 1. The van der Waals surface area contributed by atoms with Gasteiger partial charge in [-0.05, 0) is 50.8 Å². The van der Waals surface area contributed by atoms with Gasteiger partial charge in [0.05, 0.1) is 11.3 Å². The molecule has 27 heavy (non-hydrogen) atoms. The van der Waals surface area contributed by atoms with Crippen molar-refractivity contribution in [3.05, 3.63) is 53.2 Å². The summed E-state index contributed by atoms with van der Waals surface area (Å²) in [7, 11) is 4.09. The summed E-state index contributed by atoms with van der Waals surface area (Å²) in [4.78, 5) is 22.9. The van der Waals surface area contributed by atoms with Gasteiger partial charge >= 0.3 is 0 Å². The lowest BCUT2D eigenvalue weighted by molar-refractivity contribution is 0.101. The van der Waals surface area contributed by atoms with Gasteiger partial charge in [-0.2, -0.15) is 5.26 Å². The summed E-state index contributed by atoms with van der Waals surface area (Å²) in [6, 6.07) is 11.7. The summed E-state index contributed by atoms with van der Waals surface area (Å²) in [5, 5.41) is 9.41. The smallest absolute Gasteiger partial charge is 0.159 e. The van der Waals surface area contributed by atoms with E-state index in [1.807, 2.05) is 26.4 Å². The Labute approximate surface area is 160 Å². The topological polar surface area (TPSA) is 63.5 Å². The van der Waals surface area contributed by atoms with Gasteiger partial charge in [-0.15, -0.1) is 0 Å². The molecule has 0 aliphatic carbocycles. The fourth-order valence-corrected chi connectivity index (χ4v) is 3.35. The van der Waals surface area contributed by atoms with Gasteiger partial charge in [-0.25, -0.2) is 4.98 Å². The van der Waals surface area contributed by atoms with Crippen LogP contribution in [0.15, 0.2) is 36.5 Å². The van der Waals surface area contributed by atoms with Crippen LogP contribution in [0.4, 0.5) is 11.5 Å². The molecule has 0 saturated carbocycles. The van der Waals surface area contributed by atoms with Crippen molar-refractivity contribution in [2.75, 3.05) is 50.1 Å². The van der Waals surface area contributed by atoms with Crippen molar-refractivity contribution in [1.82, 2.24) is 9.88 Å². The van der Waals surface area contributed by atoms with Crippen LogP contribution in [0.2, 0.25) is 0 Å². The molecule has 0 N–H and O–H groups in total. The van der Waals surface area contributed by atoms with Gasteiger partial charge in [0, 0.05) is 44.5 Å². The van der Waals surface area contributed by atoms with E-state index in [-0.39, 0.29) is 5.78 Å². The second-order valence-corrected chi connectivity index (χ2v) is 7.14. The van der Waals surface area contributed by atoms with Crippen molar-refractivity contribution >= 4 is 17.3 Å². The van der Waals surface area contributed by atoms with Crippen LogP contribution in [-0.2, 0) is 6.54 Å². The Kier molecular flexibility index (Phi) is 5.72. The van der Waals surface area contributed by atoms with Crippen molar-refractivity contribution in [3.8, 4) is 6.07 Å². The molecule has 1 aromatic heterocycles. The van der Waals surface area contributed by atoms with E-state index in [4.69, 9.17) is 0 Å². The molecule has 6 heteroatoms. The molecule has 2 aromatic rings. The molecule has 1 aromatic carbocycles. The van der Waals surface area contributed by atoms with Crippen LogP contribution in [0.3, 0.4) is 0 Å². The summed E-state index contributed by atoms with van der Waals surface area (Å²) >= 11 is 0. The molecule has 6 nitrogen and oxygen atoms in total. The van der Waals surface area contributed by atoms with E-state index in [9.17, 15) is 10.1 Å². The largest absolute Gasteiger partial charge is 0.367 e. The lowest BCUT2D eigenvalue weighted by Crippen LogP contribution is -2.47. The maximum Gasteiger partial charge on any atom is 0.159 e. The Bertz CT molecular complexity index is 846. The van der Waals surface area contributed by atoms with E-state index in [0.717, 1.165) is 44.2 Å². The van der Waals surface area contributed by atoms with Gasteiger partial charge in [0.15, 0.2) is 5.78 Å². The van der Waals surface area contributed by atoms with Gasteiger partial charge in [-0.1, -0.05) is 6.07 Å². The summed E-state index contributed by atoms with van der Waals surface area (Å²) in [5.74, 6) is 0.997. The average molecular weight is 363 g/mol. The van der Waals surface area contributed by atoms with Crippen LogP contribution < -0.4 is 9.80 Å². The number of pyridine rings is 1. The van der Waals surface area contributed by atoms with Crippen molar-refractivity contribution in [3.63, 3.8) is 0 Å². The number of ketones is 1. The van der Waals surface area contributed by atoms with Gasteiger partial charge in [-0.3, -0.25) is 4.79 Å². The summed E-state index contributed by atoms with van der Waals surface area (Å²) < 4.78 is 0. The molecular formula is C21H25N5O. The zero-order valence-corrected chi connectivity index (χ0v) is 16.1. The molecule has 1 saturated heterocycles. The highest BCUT2D eigenvalue weighted by Gasteiger charge is 2.21. The van der Waals surface area contributed by atoms with Crippen molar-refractivity contribution in [1.29, 1.82) is 5.26 Å². The van der Waals surface area contributed by atoms with Crippen LogP contribution in [-0.4, -0.2) is 55.9 Å². The number of nitrogens with zero attached hydrogens (tertiary/aromatic N) is 5. The van der Waals surface area contributed by atoms with Crippen molar-refractivity contribution < 1.29 is 4.79 Å². The number of hydrogen-bond acceptors (Lipinski definition) is 6. The lowest BCUT2D eigenvalue weighted by atomic mass is 10.1. The maximum absolute atomic E-state index is 11.7. The molecule has 0 amide bonds. The first-order valence-electron chi connectivity index (χ1n) is 9.12. The molecule has 2 heterocycles. The molecule has 0 atom stereocenters. The van der Waals surface area contributed by atoms with E-state index in [2.05, 4.69) is 37.9 Å². The molecular weight excluding hydrogens is 338 g/mol. The third kappa shape index (κ3) is 4.44. The average Bonchev–Trinajstić information content (AvgIpc) is 2.67. The number of rotatable bonds is 5. The quantitative estimate of drug-likeness (QED) is 0.761.